The smallest absolute Gasteiger partial charge is 0.255 e. The number of imide groups is 1. The molecular weight excluding hydrogens is 858 g/mol. The average Bonchev–Trinajstić information content (AvgIpc) is 3.87. The van der Waals surface area contributed by atoms with Crippen molar-refractivity contribution >= 4 is 64.2 Å². The third-order valence-electron chi connectivity index (χ3n) is 14.5. The minimum absolute atomic E-state index is 0.0555. The Hall–Kier alpha value is -5.13. The summed E-state index contributed by atoms with van der Waals surface area (Å²) >= 11 is 12.8. The van der Waals surface area contributed by atoms with Crippen LogP contribution >= 0.6 is 23.2 Å². The highest BCUT2D eigenvalue weighted by Gasteiger charge is 2.72. The molecule has 4 N–H and O–H groups in total. The number of Topliss-reactive ketones (excluding diaryl/α,β-unsaturated/α-hetero) is 1. The zero-order valence-electron chi connectivity index (χ0n) is 35.5. The molecule has 5 heterocycles. The molecule has 1 unspecified atom stereocenters. The van der Waals surface area contributed by atoms with Crippen molar-refractivity contribution in [1.29, 1.82) is 0 Å². The highest BCUT2D eigenvalue weighted by molar-refractivity contribution is 6.31. The maximum atomic E-state index is 16.3. The Morgan fingerprint density at radius 3 is 2.50 bits per heavy atom. The maximum absolute atomic E-state index is 16.3. The Morgan fingerprint density at radius 1 is 0.938 bits per heavy atom. The van der Waals surface area contributed by atoms with Crippen molar-refractivity contribution in [3.63, 3.8) is 0 Å². The van der Waals surface area contributed by atoms with Crippen LogP contribution < -0.4 is 21.3 Å². The van der Waals surface area contributed by atoms with E-state index in [1.165, 1.54) is 11.0 Å². The van der Waals surface area contributed by atoms with Gasteiger partial charge in [-0.3, -0.25) is 44.3 Å². The van der Waals surface area contributed by atoms with Crippen molar-refractivity contribution in [3.8, 4) is 11.8 Å². The largest absolute Gasteiger partial charge is 0.355 e. The van der Waals surface area contributed by atoms with Crippen LogP contribution in [0.1, 0.15) is 116 Å². The molecule has 0 radical (unpaired) electrons. The fourth-order valence-corrected chi connectivity index (χ4v) is 11.9. The fraction of sp³-hybridized carbons (Fsp3) is 0.469. The maximum Gasteiger partial charge on any atom is 0.255 e. The lowest BCUT2D eigenvalue weighted by Crippen LogP contribution is -2.60. The Bertz CT molecular complexity index is 2490. The van der Waals surface area contributed by atoms with Crippen LogP contribution in [0.25, 0.3) is 0 Å². The van der Waals surface area contributed by atoms with Gasteiger partial charge in [0, 0.05) is 65.6 Å². The van der Waals surface area contributed by atoms with E-state index in [2.05, 4.69) is 38.0 Å². The van der Waals surface area contributed by atoms with E-state index in [0.29, 0.717) is 68.0 Å². The molecule has 3 aromatic carbocycles. The monoisotopic (exact) mass is 908 g/mol. The number of hydrogen-bond acceptors (Lipinski definition) is 8. The first kappa shape index (κ1) is 44.1. The predicted molar refractivity (Wildman–Crippen MR) is 239 cm³/mol. The van der Waals surface area contributed by atoms with E-state index in [9.17, 15) is 28.8 Å². The van der Waals surface area contributed by atoms with Gasteiger partial charge in [-0.1, -0.05) is 78.6 Å². The van der Waals surface area contributed by atoms with Gasteiger partial charge in [0.1, 0.15) is 17.3 Å². The number of halogens is 3. The molecule has 12 nitrogen and oxygen atoms in total. The van der Waals surface area contributed by atoms with Crippen molar-refractivity contribution in [2.75, 3.05) is 31.5 Å². The molecule has 5 amide bonds. The van der Waals surface area contributed by atoms with Gasteiger partial charge in [-0.15, -0.1) is 0 Å². The van der Waals surface area contributed by atoms with Gasteiger partial charge in [0.2, 0.25) is 23.6 Å². The summed E-state index contributed by atoms with van der Waals surface area (Å²) in [6.07, 6.45) is 7.41. The van der Waals surface area contributed by atoms with Crippen LogP contribution in [-0.2, 0) is 35.9 Å². The molecule has 6 aliphatic rings. The molecule has 2 spiro atoms. The summed E-state index contributed by atoms with van der Waals surface area (Å²) in [5.74, 6) is 3.50. The summed E-state index contributed by atoms with van der Waals surface area (Å²) in [6, 6.07) is 14.0. The number of unbranched alkanes of at least 4 members (excludes halogenated alkanes) is 1. The third kappa shape index (κ3) is 7.90. The minimum atomic E-state index is -1.27. The van der Waals surface area contributed by atoms with Crippen LogP contribution in [0.3, 0.4) is 0 Å². The highest BCUT2D eigenvalue weighted by atomic mass is 35.5. The number of ketones is 1. The SMILES string of the molecule is O=C(CN1CCC(CC(=O)[C@@H]2NC3(CCCCC3)[C@@]3(C(=O)Nc4cc(Cl)ccc43)[C@H]2c2cccc(Cl)c2F)CC1)NCCCC#Cc1cccc2c1CN(C1CCC(=O)NC1=O)C2=O. The van der Waals surface area contributed by atoms with Crippen molar-refractivity contribution in [1.82, 2.24) is 25.8 Å². The first-order valence-electron chi connectivity index (χ1n) is 22.5. The molecule has 0 aromatic heterocycles. The molecule has 1 saturated carbocycles. The number of fused-ring (bicyclic) bond motifs is 4. The number of carbonyl (C=O) groups excluding carboxylic acids is 6. The molecule has 4 atom stereocenters. The first-order valence-corrected chi connectivity index (χ1v) is 23.3. The molecule has 64 heavy (non-hydrogen) atoms. The van der Waals surface area contributed by atoms with E-state index in [1.807, 2.05) is 12.1 Å². The number of benzene rings is 3. The van der Waals surface area contributed by atoms with E-state index in [0.717, 1.165) is 48.8 Å². The van der Waals surface area contributed by atoms with E-state index in [1.54, 1.807) is 36.4 Å². The lowest BCUT2D eigenvalue weighted by Gasteiger charge is -2.47. The predicted octanol–water partition coefficient (Wildman–Crippen LogP) is 6.16. The quantitative estimate of drug-likeness (QED) is 0.107. The van der Waals surface area contributed by atoms with Crippen molar-refractivity contribution < 1.29 is 33.2 Å². The van der Waals surface area contributed by atoms with E-state index in [-0.39, 0.29) is 71.8 Å². The van der Waals surface area contributed by atoms with Crippen molar-refractivity contribution in [2.45, 2.75) is 113 Å². The summed E-state index contributed by atoms with van der Waals surface area (Å²) in [5.41, 5.74) is 1.52. The summed E-state index contributed by atoms with van der Waals surface area (Å²) < 4.78 is 16.3. The van der Waals surface area contributed by atoms with Crippen LogP contribution in [0, 0.1) is 23.6 Å². The summed E-state index contributed by atoms with van der Waals surface area (Å²) in [7, 11) is 0. The average molecular weight is 910 g/mol. The summed E-state index contributed by atoms with van der Waals surface area (Å²) in [6.45, 7) is 2.25. The molecule has 4 fully saturated rings. The lowest BCUT2D eigenvalue weighted by atomic mass is 9.55. The number of amides is 5. The van der Waals surface area contributed by atoms with Crippen LogP contribution in [-0.4, -0.2) is 88.9 Å². The summed E-state index contributed by atoms with van der Waals surface area (Å²) in [5, 5.41) is 12.6. The van der Waals surface area contributed by atoms with E-state index < -0.39 is 40.7 Å². The number of carbonyl (C=O) groups is 6. The number of hydrogen-bond donors (Lipinski definition) is 4. The Kier molecular flexibility index (Phi) is 12.4. The highest BCUT2D eigenvalue weighted by Crippen LogP contribution is 2.63. The first-order chi connectivity index (χ1) is 30.9. The van der Waals surface area contributed by atoms with E-state index >= 15 is 4.39 Å². The number of anilines is 1. The van der Waals surface area contributed by atoms with Crippen molar-refractivity contribution in [3.05, 3.63) is 98.3 Å². The Labute approximate surface area is 381 Å². The minimum Gasteiger partial charge on any atom is -0.355 e. The standard InChI is InChI=1S/C49H51Cl2FN6O6/c50-31-14-15-35-37(26-31)54-47(64)49(35)42(33-12-8-13-36(51)43(33)52)44(56-48(49)20-4-2-5-21-48)39(59)25-29-18-23-57(24-19-29)28-41(61)53-22-6-1-3-9-30-10-7-11-32-34(30)27-58(46(32)63)38-16-17-40(60)55-45(38)62/h7-8,10-15,26,29,38,42,44,56H,1-2,4-6,16-25,27-28H2,(H,53,61)(H,54,64)(H,55,60,62)/t38?,42-,44-,49+/m0/s1. The number of likely N-dealkylation sites (tertiary alicyclic amines) is 1. The van der Waals surface area contributed by atoms with Gasteiger partial charge in [0.05, 0.1) is 17.6 Å². The van der Waals surface area contributed by atoms with Gasteiger partial charge in [-0.25, -0.2) is 4.39 Å². The molecule has 15 heteroatoms. The van der Waals surface area contributed by atoms with E-state index in [4.69, 9.17) is 23.2 Å². The van der Waals surface area contributed by atoms with Gasteiger partial charge >= 0.3 is 0 Å². The van der Waals surface area contributed by atoms with Gasteiger partial charge in [0.25, 0.3) is 5.91 Å². The second-order valence-corrected chi connectivity index (χ2v) is 19.1. The van der Waals surface area contributed by atoms with Crippen LogP contribution in [0.15, 0.2) is 54.6 Å². The van der Waals surface area contributed by atoms with Crippen LogP contribution in [0.5, 0.6) is 0 Å². The molecular formula is C49H51Cl2FN6O6. The number of nitrogens with zero attached hydrogens (tertiary/aromatic N) is 2. The van der Waals surface area contributed by atoms with Gasteiger partial charge in [-0.05, 0) is 105 Å². The third-order valence-corrected chi connectivity index (χ3v) is 15.1. The lowest BCUT2D eigenvalue weighted by molar-refractivity contribution is -0.137. The Balaban J connectivity index is 0.792. The topological polar surface area (TPSA) is 157 Å². The number of rotatable bonds is 10. The molecule has 9 rings (SSSR count). The summed E-state index contributed by atoms with van der Waals surface area (Å²) in [4.78, 5) is 83.2. The van der Waals surface area contributed by atoms with Gasteiger partial charge < -0.3 is 15.5 Å². The molecule has 334 valence electrons. The van der Waals surface area contributed by atoms with Crippen LogP contribution in [0.4, 0.5) is 10.1 Å². The van der Waals surface area contributed by atoms with Crippen molar-refractivity contribution in [2.24, 2.45) is 5.92 Å². The molecule has 3 saturated heterocycles. The molecule has 0 bridgehead atoms. The normalized spacial score (nSPS) is 25.2. The Morgan fingerprint density at radius 2 is 1.72 bits per heavy atom. The zero-order chi connectivity index (χ0) is 44.8. The van der Waals surface area contributed by atoms with Crippen LogP contribution in [0.2, 0.25) is 10.0 Å². The number of nitrogens with one attached hydrogen (secondary N) is 4. The van der Waals surface area contributed by atoms with Gasteiger partial charge in [0.15, 0.2) is 5.78 Å². The molecule has 1 aliphatic carbocycles. The number of piperidine rings is 2. The second-order valence-electron chi connectivity index (χ2n) is 18.2. The molecule has 3 aromatic rings. The zero-order valence-corrected chi connectivity index (χ0v) is 37.0. The molecule has 5 aliphatic heterocycles. The fourth-order valence-electron chi connectivity index (χ4n) is 11.6. The second kappa shape index (κ2) is 18.0. The van der Waals surface area contributed by atoms with Gasteiger partial charge in [-0.2, -0.15) is 0 Å².